The van der Waals surface area contributed by atoms with Crippen molar-refractivity contribution in [3.63, 3.8) is 0 Å². The molecule has 19 heavy (non-hydrogen) atoms. The van der Waals surface area contributed by atoms with E-state index in [-0.39, 0.29) is 11.7 Å². The Labute approximate surface area is 107 Å². The summed E-state index contributed by atoms with van der Waals surface area (Å²) in [6.45, 7) is 0.336. The third kappa shape index (κ3) is 2.28. The van der Waals surface area contributed by atoms with Crippen LogP contribution in [0.2, 0.25) is 0 Å². The van der Waals surface area contributed by atoms with E-state index >= 15 is 0 Å². The van der Waals surface area contributed by atoms with Crippen molar-refractivity contribution in [2.45, 2.75) is 6.54 Å². The van der Waals surface area contributed by atoms with E-state index in [1.807, 2.05) is 0 Å². The summed E-state index contributed by atoms with van der Waals surface area (Å²) in [7, 11) is 0. The van der Waals surface area contributed by atoms with Crippen LogP contribution in [-0.4, -0.2) is 10.9 Å². The second-order valence-corrected chi connectivity index (χ2v) is 4.01. The van der Waals surface area contributed by atoms with Gasteiger partial charge >= 0.3 is 5.76 Å². The van der Waals surface area contributed by atoms with Gasteiger partial charge in [0.15, 0.2) is 11.3 Å². The van der Waals surface area contributed by atoms with Gasteiger partial charge in [-0.1, -0.05) is 6.07 Å². The number of hydrogen-bond donors (Lipinski definition) is 2. The molecule has 2 N–H and O–H groups in total. The fourth-order valence-corrected chi connectivity index (χ4v) is 1.79. The van der Waals surface area contributed by atoms with Crippen LogP contribution in [0.5, 0.6) is 0 Å². The summed E-state index contributed by atoms with van der Waals surface area (Å²) in [6, 6.07) is 8.45. The second-order valence-electron chi connectivity index (χ2n) is 4.01. The van der Waals surface area contributed by atoms with Gasteiger partial charge in [-0.25, -0.2) is 4.79 Å². The molecule has 0 saturated heterocycles. The van der Waals surface area contributed by atoms with E-state index in [1.54, 1.807) is 30.3 Å². The number of aromatic nitrogens is 1. The number of carbonyl (C=O) groups is 1. The average molecular weight is 258 g/mol. The van der Waals surface area contributed by atoms with Crippen molar-refractivity contribution in [1.82, 2.24) is 10.3 Å². The van der Waals surface area contributed by atoms with Crippen LogP contribution in [0.1, 0.15) is 16.1 Å². The molecule has 0 unspecified atom stereocenters. The Balaban J connectivity index is 1.74. The minimum atomic E-state index is -0.494. The lowest BCUT2D eigenvalue weighted by molar-refractivity contribution is 0.0923. The summed E-state index contributed by atoms with van der Waals surface area (Å²) < 4.78 is 9.88. The van der Waals surface area contributed by atoms with Crippen molar-refractivity contribution in [3.8, 4) is 0 Å². The van der Waals surface area contributed by atoms with E-state index in [9.17, 15) is 9.59 Å². The third-order valence-corrected chi connectivity index (χ3v) is 2.68. The number of hydrogen-bond acceptors (Lipinski definition) is 4. The van der Waals surface area contributed by atoms with Crippen molar-refractivity contribution in [3.05, 3.63) is 58.5 Å². The SMILES string of the molecule is O=C(NCc1ccc2oc(=O)[nH]c2c1)c1ccco1. The van der Waals surface area contributed by atoms with Crippen LogP contribution in [0.25, 0.3) is 11.1 Å². The molecule has 0 aliphatic rings. The number of furan rings is 1. The molecule has 6 heteroatoms. The molecule has 0 fully saturated rings. The number of oxazole rings is 1. The Hall–Kier alpha value is -2.76. The van der Waals surface area contributed by atoms with Gasteiger partial charge in [0, 0.05) is 6.54 Å². The van der Waals surface area contributed by atoms with E-state index in [1.165, 1.54) is 6.26 Å². The summed E-state index contributed by atoms with van der Waals surface area (Å²) in [5, 5.41) is 2.72. The topological polar surface area (TPSA) is 88.2 Å². The molecule has 3 aromatic rings. The monoisotopic (exact) mass is 258 g/mol. The second kappa shape index (κ2) is 4.49. The molecule has 1 aromatic carbocycles. The van der Waals surface area contributed by atoms with Gasteiger partial charge in [0.05, 0.1) is 11.8 Å². The lowest BCUT2D eigenvalue weighted by Gasteiger charge is -2.03. The zero-order chi connectivity index (χ0) is 13.2. The zero-order valence-corrected chi connectivity index (χ0v) is 9.80. The first-order valence-electron chi connectivity index (χ1n) is 5.66. The molecule has 6 nitrogen and oxygen atoms in total. The molecule has 96 valence electrons. The smallest absolute Gasteiger partial charge is 0.417 e. The van der Waals surface area contributed by atoms with Crippen molar-refractivity contribution in [1.29, 1.82) is 0 Å². The summed E-state index contributed by atoms with van der Waals surface area (Å²) >= 11 is 0. The maximum atomic E-state index is 11.7. The summed E-state index contributed by atoms with van der Waals surface area (Å²) in [5.41, 5.74) is 1.95. The number of amides is 1. The fraction of sp³-hybridized carbons (Fsp3) is 0.0769. The highest BCUT2D eigenvalue weighted by Crippen LogP contribution is 2.12. The number of carbonyl (C=O) groups excluding carboxylic acids is 1. The Bertz CT molecular complexity index is 767. The van der Waals surface area contributed by atoms with Gasteiger partial charge < -0.3 is 14.2 Å². The van der Waals surface area contributed by atoms with E-state index in [2.05, 4.69) is 10.3 Å². The summed E-state index contributed by atoms with van der Waals surface area (Å²) in [5.74, 6) is -0.518. The number of H-pyrrole nitrogens is 1. The van der Waals surface area contributed by atoms with Crippen LogP contribution in [0.15, 0.2) is 50.2 Å². The van der Waals surface area contributed by atoms with Gasteiger partial charge in [-0.2, -0.15) is 0 Å². The maximum Gasteiger partial charge on any atom is 0.417 e. The molecule has 0 saturated carbocycles. The normalized spacial score (nSPS) is 10.7. The van der Waals surface area contributed by atoms with Crippen LogP contribution in [0, 0.1) is 0 Å². The van der Waals surface area contributed by atoms with Crippen LogP contribution >= 0.6 is 0 Å². The highest BCUT2D eigenvalue weighted by Gasteiger charge is 2.08. The standard InChI is InChI=1S/C13H10N2O4/c16-12(11-2-1-5-18-11)14-7-8-3-4-10-9(6-8)15-13(17)19-10/h1-6H,7H2,(H,14,16)(H,15,17). The van der Waals surface area contributed by atoms with Crippen molar-refractivity contribution in [2.75, 3.05) is 0 Å². The Kier molecular flexibility index (Phi) is 2.68. The predicted octanol–water partition coefficient (Wildman–Crippen LogP) is 1.64. The molecule has 2 heterocycles. The largest absolute Gasteiger partial charge is 0.459 e. The number of rotatable bonds is 3. The number of nitrogens with one attached hydrogen (secondary N) is 2. The molecule has 0 atom stereocenters. The van der Waals surface area contributed by atoms with Crippen LogP contribution < -0.4 is 11.1 Å². The third-order valence-electron chi connectivity index (χ3n) is 2.68. The van der Waals surface area contributed by atoms with E-state index in [4.69, 9.17) is 8.83 Å². The Morgan fingerprint density at radius 3 is 3.00 bits per heavy atom. The van der Waals surface area contributed by atoms with Gasteiger partial charge in [0.25, 0.3) is 5.91 Å². The summed E-state index contributed by atoms with van der Waals surface area (Å²) in [4.78, 5) is 25.2. The lowest BCUT2D eigenvalue weighted by atomic mass is 10.2. The molecule has 1 amide bonds. The predicted molar refractivity (Wildman–Crippen MR) is 66.7 cm³/mol. The Morgan fingerprint density at radius 2 is 2.21 bits per heavy atom. The van der Waals surface area contributed by atoms with Crippen LogP contribution in [0.4, 0.5) is 0 Å². The quantitative estimate of drug-likeness (QED) is 0.747. The molecule has 0 radical (unpaired) electrons. The number of benzene rings is 1. The highest BCUT2D eigenvalue weighted by molar-refractivity contribution is 5.91. The van der Waals surface area contributed by atoms with Crippen molar-refractivity contribution < 1.29 is 13.6 Å². The molecule has 0 spiro atoms. The molecule has 0 aliphatic heterocycles. The molecule has 2 aromatic heterocycles. The molecule has 0 bridgehead atoms. The molecule has 0 aliphatic carbocycles. The van der Waals surface area contributed by atoms with Crippen LogP contribution in [0.3, 0.4) is 0 Å². The minimum Gasteiger partial charge on any atom is -0.459 e. The maximum absolute atomic E-state index is 11.7. The fourth-order valence-electron chi connectivity index (χ4n) is 1.79. The highest BCUT2D eigenvalue weighted by atomic mass is 16.4. The van der Waals surface area contributed by atoms with E-state index in [0.717, 1.165) is 5.56 Å². The number of fused-ring (bicyclic) bond motifs is 1. The zero-order valence-electron chi connectivity index (χ0n) is 9.80. The minimum absolute atomic E-state index is 0.262. The van der Waals surface area contributed by atoms with Gasteiger partial charge in [-0.05, 0) is 29.8 Å². The van der Waals surface area contributed by atoms with Gasteiger partial charge in [0.2, 0.25) is 0 Å². The van der Waals surface area contributed by atoms with Gasteiger partial charge in [0.1, 0.15) is 0 Å². The Morgan fingerprint density at radius 1 is 1.32 bits per heavy atom. The van der Waals surface area contributed by atoms with Crippen LogP contribution in [-0.2, 0) is 6.54 Å². The first kappa shape index (κ1) is 11.3. The number of aromatic amines is 1. The first-order valence-corrected chi connectivity index (χ1v) is 5.66. The summed E-state index contributed by atoms with van der Waals surface area (Å²) in [6.07, 6.45) is 1.44. The van der Waals surface area contributed by atoms with Gasteiger partial charge in [-0.15, -0.1) is 0 Å². The molecule has 3 rings (SSSR count). The van der Waals surface area contributed by atoms with Gasteiger partial charge in [-0.3, -0.25) is 9.78 Å². The van der Waals surface area contributed by atoms with E-state index < -0.39 is 5.76 Å². The van der Waals surface area contributed by atoms with Crippen molar-refractivity contribution in [2.24, 2.45) is 0 Å². The average Bonchev–Trinajstić information content (AvgIpc) is 3.03. The first-order chi connectivity index (χ1) is 9.22. The lowest BCUT2D eigenvalue weighted by Crippen LogP contribution is -2.22. The van der Waals surface area contributed by atoms with E-state index in [0.29, 0.717) is 17.6 Å². The van der Waals surface area contributed by atoms with Crippen molar-refractivity contribution >= 4 is 17.0 Å². The molecular weight excluding hydrogens is 248 g/mol. The molecular formula is C13H10N2O4.